The van der Waals surface area contributed by atoms with Crippen molar-refractivity contribution in [3.05, 3.63) is 60.2 Å². The summed E-state index contributed by atoms with van der Waals surface area (Å²) in [6, 6.07) is 5.90. The molecule has 3 heterocycles. The maximum Gasteiger partial charge on any atom is 0.182 e. The molecular weight excluding hydrogens is 278 g/mol. The summed E-state index contributed by atoms with van der Waals surface area (Å²) in [7, 11) is 0. The number of aromatic nitrogens is 5. The zero-order chi connectivity index (χ0) is 15.4. The van der Waals surface area contributed by atoms with Gasteiger partial charge in [0.05, 0.1) is 0 Å². The molecule has 0 bridgehead atoms. The van der Waals surface area contributed by atoms with Crippen LogP contribution in [0.4, 0.5) is 5.82 Å². The van der Waals surface area contributed by atoms with Gasteiger partial charge in [0.1, 0.15) is 17.7 Å². The van der Waals surface area contributed by atoms with Gasteiger partial charge in [-0.1, -0.05) is 6.07 Å². The van der Waals surface area contributed by atoms with E-state index in [0.717, 1.165) is 17.2 Å². The molecule has 0 atom stereocenters. The Bertz CT molecular complexity index is 814. The standard InChI is InChI=1S/C15H13N7/c1-11-17-6-7-22(11)14-3-2-12(9-20-14)10-21-15-13(8-16)18-4-5-19-15/h2-7,9H,10H2,1H3,(H,19,21). The Labute approximate surface area is 127 Å². The average Bonchev–Trinajstić information content (AvgIpc) is 3.00. The summed E-state index contributed by atoms with van der Waals surface area (Å²) in [6.45, 7) is 2.44. The molecular formula is C15H13N7. The van der Waals surface area contributed by atoms with E-state index >= 15 is 0 Å². The zero-order valence-corrected chi connectivity index (χ0v) is 11.9. The molecule has 0 spiro atoms. The first-order chi connectivity index (χ1) is 10.8. The minimum atomic E-state index is 0.279. The number of nitriles is 1. The van der Waals surface area contributed by atoms with Crippen molar-refractivity contribution in [1.29, 1.82) is 5.26 Å². The third-order valence-electron chi connectivity index (χ3n) is 3.15. The minimum absolute atomic E-state index is 0.279. The van der Waals surface area contributed by atoms with Crippen LogP contribution in [0.5, 0.6) is 0 Å². The largest absolute Gasteiger partial charge is 0.364 e. The average molecular weight is 291 g/mol. The van der Waals surface area contributed by atoms with Crippen LogP contribution in [0.2, 0.25) is 0 Å². The highest BCUT2D eigenvalue weighted by molar-refractivity contribution is 5.47. The number of aryl methyl sites for hydroxylation is 1. The van der Waals surface area contributed by atoms with Crippen molar-refractivity contribution in [1.82, 2.24) is 24.5 Å². The van der Waals surface area contributed by atoms with Gasteiger partial charge < -0.3 is 5.32 Å². The topological polar surface area (TPSA) is 92.3 Å². The number of anilines is 1. The highest BCUT2D eigenvalue weighted by atomic mass is 15.1. The molecule has 3 rings (SSSR count). The number of nitrogens with one attached hydrogen (secondary N) is 1. The molecule has 1 N–H and O–H groups in total. The lowest BCUT2D eigenvalue weighted by molar-refractivity contribution is 0.925. The quantitative estimate of drug-likeness (QED) is 0.788. The summed E-state index contributed by atoms with van der Waals surface area (Å²) >= 11 is 0. The second-order valence-corrected chi connectivity index (χ2v) is 4.59. The summed E-state index contributed by atoms with van der Waals surface area (Å²) < 4.78 is 1.91. The highest BCUT2D eigenvalue weighted by Gasteiger charge is 2.05. The Kier molecular flexibility index (Phi) is 3.74. The van der Waals surface area contributed by atoms with Crippen molar-refractivity contribution in [3.8, 4) is 11.9 Å². The molecule has 0 aliphatic carbocycles. The van der Waals surface area contributed by atoms with Crippen LogP contribution in [0.25, 0.3) is 5.82 Å². The van der Waals surface area contributed by atoms with Gasteiger partial charge in [-0.15, -0.1) is 0 Å². The van der Waals surface area contributed by atoms with Gasteiger partial charge in [0, 0.05) is 37.5 Å². The Morgan fingerprint density at radius 3 is 2.68 bits per heavy atom. The monoisotopic (exact) mass is 291 g/mol. The van der Waals surface area contributed by atoms with Crippen LogP contribution in [0.15, 0.2) is 43.1 Å². The molecule has 3 aromatic rings. The molecule has 0 aliphatic rings. The lowest BCUT2D eigenvalue weighted by Crippen LogP contribution is -2.05. The second kappa shape index (κ2) is 6.01. The molecule has 0 fully saturated rings. The van der Waals surface area contributed by atoms with E-state index in [-0.39, 0.29) is 5.69 Å². The van der Waals surface area contributed by atoms with E-state index in [0.29, 0.717) is 12.4 Å². The molecule has 0 aliphatic heterocycles. The van der Waals surface area contributed by atoms with Crippen molar-refractivity contribution in [3.63, 3.8) is 0 Å². The van der Waals surface area contributed by atoms with E-state index in [1.165, 1.54) is 6.20 Å². The molecule has 108 valence electrons. The van der Waals surface area contributed by atoms with Crippen LogP contribution in [0.1, 0.15) is 17.1 Å². The third-order valence-corrected chi connectivity index (χ3v) is 3.15. The van der Waals surface area contributed by atoms with Gasteiger partial charge in [0.25, 0.3) is 0 Å². The maximum absolute atomic E-state index is 8.97. The summed E-state index contributed by atoms with van der Waals surface area (Å²) in [4.78, 5) is 16.7. The molecule has 0 radical (unpaired) electrons. The van der Waals surface area contributed by atoms with E-state index in [2.05, 4.69) is 25.3 Å². The molecule has 3 aromatic heterocycles. The van der Waals surface area contributed by atoms with E-state index < -0.39 is 0 Å². The Hall–Kier alpha value is -3.27. The van der Waals surface area contributed by atoms with Crippen LogP contribution in [-0.4, -0.2) is 24.5 Å². The second-order valence-electron chi connectivity index (χ2n) is 4.59. The molecule has 7 nitrogen and oxygen atoms in total. The van der Waals surface area contributed by atoms with Crippen molar-refractivity contribution < 1.29 is 0 Å². The number of rotatable bonds is 4. The molecule has 22 heavy (non-hydrogen) atoms. The van der Waals surface area contributed by atoms with Gasteiger partial charge in [0.2, 0.25) is 0 Å². The minimum Gasteiger partial charge on any atom is -0.364 e. The maximum atomic E-state index is 8.97. The number of pyridine rings is 1. The first kappa shape index (κ1) is 13.7. The van der Waals surface area contributed by atoms with E-state index in [1.54, 1.807) is 18.6 Å². The van der Waals surface area contributed by atoms with Gasteiger partial charge in [-0.25, -0.2) is 19.9 Å². The smallest absolute Gasteiger partial charge is 0.182 e. The predicted molar refractivity (Wildman–Crippen MR) is 80.2 cm³/mol. The number of hydrogen-bond acceptors (Lipinski definition) is 6. The van der Waals surface area contributed by atoms with Crippen LogP contribution in [0, 0.1) is 18.3 Å². The van der Waals surface area contributed by atoms with E-state index in [4.69, 9.17) is 5.26 Å². The lowest BCUT2D eigenvalue weighted by Gasteiger charge is -2.08. The zero-order valence-electron chi connectivity index (χ0n) is 11.9. The molecule has 0 amide bonds. The van der Waals surface area contributed by atoms with Gasteiger partial charge in [-0.3, -0.25) is 4.57 Å². The van der Waals surface area contributed by atoms with Crippen molar-refractivity contribution >= 4 is 5.82 Å². The Morgan fingerprint density at radius 1 is 1.14 bits per heavy atom. The van der Waals surface area contributed by atoms with Crippen LogP contribution >= 0.6 is 0 Å². The first-order valence-electron chi connectivity index (χ1n) is 6.68. The third kappa shape index (κ3) is 2.76. The summed E-state index contributed by atoms with van der Waals surface area (Å²) in [5.41, 5.74) is 1.26. The number of nitrogens with zero attached hydrogens (tertiary/aromatic N) is 6. The number of imidazole rings is 1. The Morgan fingerprint density at radius 2 is 2.00 bits per heavy atom. The molecule has 7 heteroatoms. The fourth-order valence-corrected chi connectivity index (χ4v) is 2.02. The van der Waals surface area contributed by atoms with E-state index in [1.807, 2.05) is 35.9 Å². The van der Waals surface area contributed by atoms with Gasteiger partial charge in [-0.05, 0) is 18.6 Å². The van der Waals surface area contributed by atoms with Gasteiger partial charge >= 0.3 is 0 Å². The molecule has 0 unspecified atom stereocenters. The molecule has 0 aromatic carbocycles. The first-order valence-corrected chi connectivity index (χ1v) is 6.68. The Balaban J connectivity index is 1.72. The van der Waals surface area contributed by atoms with Gasteiger partial charge in [0.15, 0.2) is 11.5 Å². The normalized spacial score (nSPS) is 10.2. The van der Waals surface area contributed by atoms with Crippen LogP contribution in [0.3, 0.4) is 0 Å². The lowest BCUT2D eigenvalue weighted by atomic mass is 10.2. The van der Waals surface area contributed by atoms with Crippen molar-refractivity contribution in [2.45, 2.75) is 13.5 Å². The fourth-order valence-electron chi connectivity index (χ4n) is 2.02. The fraction of sp³-hybridized carbons (Fsp3) is 0.133. The van der Waals surface area contributed by atoms with Crippen molar-refractivity contribution in [2.75, 3.05) is 5.32 Å². The summed E-state index contributed by atoms with van der Waals surface area (Å²) in [6.07, 6.45) is 8.43. The van der Waals surface area contributed by atoms with Gasteiger partial charge in [-0.2, -0.15) is 5.26 Å². The summed E-state index contributed by atoms with van der Waals surface area (Å²) in [5.74, 6) is 2.17. The van der Waals surface area contributed by atoms with E-state index in [9.17, 15) is 0 Å². The molecule has 0 saturated heterocycles. The molecule has 0 saturated carbocycles. The predicted octanol–water partition coefficient (Wildman–Crippen LogP) is 1.85. The SMILES string of the molecule is Cc1nccn1-c1ccc(CNc2nccnc2C#N)cn1. The van der Waals surface area contributed by atoms with Crippen LogP contribution < -0.4 is 5.32 Å². The van der Waals surface area contributed by atoms with Crippen molar-refractivity contribution in [2.24, 2.45) is 0 Å². The van der Waals surface area contributed by atoms with Crippen LogP contribution in [-0.2, 0) is 6.54 Å². The summed E-state index contributed by atoms with van der Waals surface area (Å²) in [5, 5.41) is 12.1. The number of hydrogen-bond donors (Lipinski definition) is 1. The highest BCUT2D eigenvalue weighted by Crippen LogP contribution is 2.11.